The summed E-state index contributed by atoms with van der Waals surface area (Å²) in [7, 11) is 0. The highest BCUT2D eigenvalue weighted by molar-refractivity contribution is 6.32. The van der Waals surface area contributed by atoms with E-state index in [4.69, 9.17) is 16.3 Å². The van der Waals surface area contributed by atoms with Crippen molar-refractivity contribution in [3.63, 3.8) is 0 Å². The summed E-state index contributed by atoms with van der Waals surface area (Å²) >= 11 is 6.12. The van der Waals surface area contributed by atoms with E-state index in [2.05, 4.69) is 21.8 Å². The molecule has 1 aromatic heterocycles. The minimum atomic E-state index is 0.143. The molecule has 0 bridgehead atoms. The lowest BCUT2D eigenvalue weighted by Crippen LogP contribution is -2.54. The summed E-state index contributed by atoms with van der Waals surface area (Å²) in [6.07, 6.45) is 2.02. The first-order valence-corrected chi connectivity index (χ1v) is 8.75. The molecule has 2 aromatic rings. The van der Waals surface area contributed by atoms with E-state index < -0.39 is 0 Å². The van der Waals surface area contributed by atoms with Crippen molar-refractivity contribution in [2.45, 2.75) is 26.3 Å². The van der Waals surface area contributed by atoms with Crippen LogP contribution in [0, 0.1) is 0 Å². The summed E-state index contributed by atoms with van der Waals surface area (Å²) in [5, 5.41) is 0.531. The molecule has 7 heteroatoms. The van der Waals surface area contributed by atoms with Crippen molar-refractivity contribution in [2.75, 3.05) is 24.5 Å². The van der Waals surface area contributed by atoms with E-state index in [0.717, 1.165) is 18.9 Å². The van der Waals surface area contributed by atoms with Crippen LogP contribution in [-0.4, -0.2) is 46.5 Å². The minimum Gasteiger partial charge on any atom is -0.437 e. The Morgan fingerprint density at radius 2 is 2.12 bits per heavy atom. The Bertz CT molecular complexity index is 755. The molecule has 2 heterocycles. The van der Waals surface area contributed by atoms with Crippen molar-refractivity contribution in [1.29, 1.82) is 0 Å². The molecule has 1 fully saturated rings. The minimum absolute atomic E-state index is 0.143. The SMILES string of the molecule is CCC(=O)N1CCN(c2cc(Oc3ccccc3Cl)ncn2)CC1C. The van der Waals surface area contributed by atoms with Crippen molar-refractivity contribution in [3.05, 3.63) is 41.7 Å². The molecule has 1 aromatic carbocycles. The molecule has 0 radical (unpaired) electrons. The third-order valence-corrected chi connectivity index (χ3v) is 4.57. The Morgan fingerprint density at radius 3 is 2.84 bits per heavy atom. The molecule has 25 heavy (non-hydrogen) atoms. The molecular weight excluding hydrogens is 340 g/mol. The molecule has 0 aliphatic carbocycles. The first-order chi connectivity index (χ1) is 12.1. The van der Waals surface area contributed by atoms with E-state index in [1.165, 1.54) is 6.33 Å². The number of aromatic nitrogens is 2. The third-order valence-electron chi connectivity index (χ3n) is 4.25. The molecule has 0 N–H and O–H groups in total. The van der Waals surface area contributed by atoms with Crippen LogP contribution in [0.3, 0.4) is 0 Å². The molecule has 1 atom stereocenters. The second-order valence-corrected chi connectivity index (χ2v) is 6.39. The lowest BCUT2D eigenvalue weighted by Gasteiger charge is -2.40. The number of piperazine rings is 1. The molecule has 3 rings (SSSR count). The summed E-state index contributed by atoms with van der Waals surface area (Å²) < 4.78 is 5.77. The number of rotatable bonds is 4. The van der Waals surface area contributed by atoms with Crippen molar-refractivity contribution in [3.8, 4) is 11.6 Å². The highest BCUT2D eigenvalue weighted by atomic mass is 35.5. The van der Waals surface area contributed by atoms with Gasteiger partial charge in [0, 0.05) is 38.2 Å². The second kappa shape index (κ2) is 7.70. The zero-order valence-electron chi connectivity index (χ0n) is 14.4. The summed E-state index contributed by atoms with van der Waals surface area (Å²) in [6.45, 7) is 6.11. The van der Waals surface area contributed by atoms with Gasteiger partial charge in [-0.15, -0.1) is 0 Å². The molecule has 1 unspecified atom stereocenters. The number of carbonyl (C=O) groups excluding carboxylic acids is 1. The van der Waals surface area contributed by atoms with Gasteiger partial charge in [0.15, 0.2) is 0 Å². The summed E-state index contributed by atoms with van der Waals surface area (Å²) in [5.74, 6) is 1.98. The van der Waals surface area contributed by atoms with Crippen LogP contribution in [0.5, 0.6) is 11.6 Å². The van der Waals surface area contributed by atoms with Gasteiger partial charge in [0.05, 0.1) is 5.02 Å². The lowest BCUT2D eigenvalue weighted by atomic mass is 10.1. The Kier molecular flexibility index (Phi) is 5.38. The van der Waals surface area contributed by atoms with Crippen LogP contribution in [0.25, 0.3) is 0 Å². The number of ether oxygens (including phenoxy) is 1. The van der Waals surface area contributed by atoms with Crippen LogP contribution >= 0.6 is 11.6 Å². The van der Waals surface area contributed by atoms with E-state index in [0.29, 0.717) is 29.6 Å². The van der Waals surface area contributed by atoms with Gasteiger partial charge < -0.3 is 14.5 Å². The number of amides is 1. The predicted octanol–water partition coefficient (Wildman–Crippen LogP) is 3.37. The maximum Gasteiger partial charge on any atom is 0.224 e. The average Bonchev–Trinajstić information content (AvgIpc) is 2.63. The van der Waals surface area contributed by atoms with Gasteiger partial charge in [-0.3, -0.25) is 4.79 Å². The Morgan fingerprint density at radius 1 is 1.32 bits per heavy atom. The van der Waals surface area contributed by atoms with Crippen molar-refractivity contribution < 1.29 is 9.53 Å². The lowest BCUT2D eigenvalue weighted by molar-refractivity contribution is -0.133. The molecule has 1 aliphatic rings. The average molecular weight is 361 g/mol. The van der Waals surface area contributed by atoms with Crippen LogP contribution in [0.2, 0.25) is 5.02 Å². The van der Waals surface area contributed by atoms with E-state index in [-0.39, 0.29) is 11.9 Å². The Balaban J connectivity index is 1.72. The molecule has 6 nitrogen and oxygen atoms in total. The van der Waals surface area contributed by atoms with Gasteiger partial charge in [0.25, 0.3) is 0 Å². The molecule has 0 spiro atoms. The number of hydrogen-bond donors (Lipinski definition) is 0. The number of hydrogen-bond acceptors (Lipinski definition) is 5. The van der Waals surface area contributed by atoms with Crippen molar-refractivity contribution >= 4 is 23.3 Å². The summed E-state index contributed by atoms with van der Waals surface area (Å²) in [6, 6.07) is 9.21. The number of anilines is 1. The normalized spacial score (nSPS) is 17.5. The van der Waals surface area contributed by atoms with Gasteiger partial charge in [-0.25, -0.2) is 9.97 Å². The summed E-state index contributed by atoms with van der Waals surface area (Å²) in [4.78, 5) is 24.5. The van der Waals surface area contributed by atoms with E-state index >= 15 is 0 Å². The Labute approximate surface area is 152 Å². The summed E-state index contributed by atoms with van der Waals surface area (Å²) in [5.41, 5.74) is 0. The van der Waals surface area contributed by atoms with Gasteiger partial charge in [0.2, 0.25) is 11.8 Å². The number of benzene rings is 1. The van der Waals surface area contributed by atoms with Crippen LogP contribution in [0.15, 0.2) is 36.7 Å². The molecular formula is C18H21ClN4O2. The first-order valence-electron chi connectivity index (χ1n) is 8.37. The molecule has 1 aliphatic heterocycles. The fourth-order valence-electron chi connectivity index (χ4n) is 2.94. The smallest absolute Gasteiger partial charge is 0.224 e. The fraction of sp³-hybridized carbons (Fsp3) is 0.389. The number of halogens is 1. The van der Waals surface area contributed by atoms with E-state index in [1.54, 1.807) is 18.2 Å². The quantitative estimate of drug-likeness (QED) is 0.836. The predicted molar refractivity (Wildman–Crippen MR) is 97.2 cm³/mol. The highest BCUT2D eigenvalue weighted by Crippen LogP contribution is 2.29. The molecule has 132 valence electrons. The fourth-order valence-corrected chi connectivity index (χ4v) is 3.11. The second-order valence-electron chi connectivity index (χ2n) is 5.98. The van der Waals surface area contributed by atoms with Gasteiger partial charge >= 0.3 is 0 Å². The molecule has 1 saturated heterocycles. The highest BCUT2D eigenvalue weighted by Gasteiger charge is 2.27. The maximum absolute atomic E-state index is 12.0. The van der Waals surface area contributed by atoms with Crippen molar-refractivity contribution in [1.82, 2.24) is 14.9 Å². The standard InChI is InChI=1S/C18H21ClN4O2/c1-3-18(24)23-9-8-22(11-13(23)2)16-10-17(21-12-20-16)25-15-7-5-4-6-14(15)19/h4-7,10,12-13H,3,8-9,11H2,1-2H3. The number of nitrogens with zero attached hydrogens (tertiary/aromatic N) is 4. The van der Waals surface area contributed by atoms with Gasteiger partial charge in [-0.1, -0.05) is 30.7 Å². The van der Waals surface area contributed by atoms with Gasteiger partial charge in [-0.05, 0) is 19.1 Å². The molecule has 0 saturated carbocycles. The zero-order valence-corrected chi connectivity index (χ0v) is 15.1. The van der Waals surface area contributed by atoms with Crippen LogP contribution in [-0.2, 0) is 4.79 Å². The third kappa shape index (κ3) is 4.02. The maximum atomic E-state index is 12.0. The monoisotopic (exact) mass is 360 g/mol. The van der Waals surface area contributed by atoms with E-state index in [9.17, 15) is 4.79 Å². The van der Waals surface area contributed by atoms with Crippen molar-refractivity contribution in [2.24, 2.45) is 0 Å². The first kappa shape index (κ1) is 17.5. The van der Waals surface area contributed by atoms with Gasteiger partial charge in [0.1, 0.15) is 17.9 Å². The topological polar surface area (TPSA) is 58.6 Å². The Hall–Kier alpha value is -2.34. The van der Waals surface area contributed by atoms with Crippen LogP contribution in [0.1, 0.15) is 20.3 Å². The largest absolute Gasteiger partial charge is 0.437 e. The van der Waals surface area contributed by atoms with Gasteiger partial charge in [-0.2, -0.15) is 0 Å². The zero-order chi connectivity index (χ0) is 17.8. The number of carbonyl (C=O) groups is 1. The number of para-hydroxylation sites is 1. The van der Waals surface area contributed by atoms with E-state index in [1.807, 2.05) is 24.0 Å². The van der Waals surface area contributed by atoms with Crippen LogP contribution in [0.4, 0.5) is 5.82 Å². The van der Waals surface area contributed by atoms with Crippen LogP contribution < -0.4 is 9.64 Å². The molecule has 1 amide bonds.